The molecule has 5 aromatic carbocycles. The molecule has 0 bridgehead atoms. The SMILES string of the molecule is Cc1cc(C)c(-c2cc(-c3c(C)cc(C)cc3C)c(-c3c(C)cc(C)cc3C)cc2-c2c(C)cc(C)cc2C)c(C)c1. The van der Waals surface area contributed by atoms with E-state index in [1.165, 1.54) is 111 Å². The monoisotopic (exact) mass is 550 g/mol. The van der Waals surface area contributed by atoms with Crippen LogP contribution in [0.3, 0.4) is 0 Å². The lowest BCUT2D eigenvalue weighted by molar-refractivity contribution is 1.29. The molecule has 0 nitrogen and oxygen atoms in total. The zero-order valence-corrected chi connectivity index (χ0v) is 27.8. The van der Waals surface area contributed by atoms with Gasteiger partial charge in [-0.2, -0.15) is 0 Å². The summed E-state index contributed by atoms with van der Waals surface area (Å²) in [6, 6.07) is 23.8. The Hall–Kier alpha value is -3.90. The fourth-order valence-corrected chi connectivity index (χ4v) is 7.85. The smallest absolute Gasteiger partial charge is 0.00933 e. The van der Waals surface area contributed by atoms with Crippen LogP contribution >= 0.6 is 0 Å². The molecule has 0 heterocycles. The van der Waals surface area contributed by atoms with Gasteiger partial charge in [0.15, 0.2) is 0 Å². The molecule has 0 unspecified atom stereocenters. The first-order chi connectivity index (χ1) is 19.8. The average molecular weight is 551 g/mol. The number of aryl methyl sites for hydroxylation is 12. The highest BCUT2D eigenvalue weighted by Crippen LogP contribution is 2.48. The van der Waals surface area contributed by atoms with E-state index in [2.05, 4.69) is 144 Å². The molecular formula is C42H46. The van der Waals surface area contributed by atoms with Gasteiger partial charge < -0.3 is 0 Å². The van der Waals surface area contributed by atoms with Gasteiger partial charge in [0.05, 0.1) is 0 Å². The van der Waals surface area contributed by atoms with Crippen LogP contribution in [0.25, 0.3) is 44.5 Å². The molecule has 0 atom stereocenters. The predicted molar refractivity (Wildman–Crippen MR) is 185 cm³/mol. The average Bonchev–Trinajstić information content (AvgIpc) is 2.83. The van der Waals surface area contributed by atoms with Crippen molar-refractivity contribution in [1.82, 2.24) is 0 Å². The summed E-state index contributed by atoms with van der Waals surface area (Å²) in [5, 5.41) is 0. The van der Waals surface area contributed by atoms with Crippen molar-refractivity contribution in [2.75, 3.05) is 0 Å². The van der Waals surface area contributed by atoms with E-state index < -0.39 is 0 Å². The van der Waals surface area contributed by atoms with Gasteiger partial charge in [0, 0.05) is 0 Å². The maximum Gasteiger partial charge on any atom is -0.00933 e. The summed E-state index contributed by atoms with van der Waals surface area (Å²) in [5.41, 5.74) is 26.6. The summed E-state index contributed by atoms with van der Waals surface area (Å²) in [7, 11) is 0. The number of rotatable bonds is 4. The fraction of sp³-hybridized carbons (Fsp3) is 0.286. The quantitative estimate of drug-likeness (QED) is 0.209. The van der Waals surface area contributed by atoms with Gasteiger partial charge >= 0.3 is 0 Å². The molecule has 0 saturated carbocycles. The minimum Gasteiger partial charge on any atom is -0.0557 e. The third-order valence-electron chi connectivity index (χ3n) is 8.94. The Labute approximate surface area is 254 Å². The summed E-state index contributed by atoms with van der Waals surface area (Å²) >= 11 is 0. The number of hydrogen-bond donors (Lipinski definition) is 0. The molecule has 0 aromatic heterocycles. The second kappa shape index (κ2) is 11.1. The normalized spacial score (nSPS) is 11.3. The Kier molecular flexibility index (Phi) is 7.80. The summed E-state index contributed by atoms with van der Waals surface area (Å²) in [4.78, 5) is 0. The molecule has 0 heteroatoms. The topological polar surface area (TPSA) is 0 Å². The van der Waals surface area contributed by atoms with Gasteiger partial charge in [-0.1, -0.05) is 70.8 Å². The van der Waals surface area contributed by atoms with Crippen LogP contribution in [0, 0.1) is 83.1 Å². The Morgan fingerprint density at radius 2 is 0.357 bits per heavy atom. The second-order valence-electron chi connectivity index (χ2n) is 13.0. The van der Waals surface area contributed by atoms with E-state index in [9.17, 15) is 0 Å². The fourth-order valence-electron chi connectivity index (χ4n) is 7.85. The first kappa shape index (κ1) is 29.6. The molecule has 42 heavy (non-hydrogen) atoms. The van der Waals surface area contributed by atoms with Crippen molar-refractivity contribution in [2.24, 2.45) is 0 Å². The Morgan fingerprint density at radius 3 is 0.500 bits per heavy atom. The van der Waals surface area contributed by atoms with Crippen LogP contribution in [0.15, 0.2) is 60.7 Å². The van der Waals surface area contributed by atoms with Crippen LogP contribution in [-0.4, -0.2) is 0 Å². The summed E-state index contributed by atoms with van der Waals surface area (Å²) in [6.07, 6.45) is 0. The third-order valence-corrected chi connectivity index (χ3v) is 8.94. The van der Waals surface area contributed by atoms with Crippen LogP contribution in [0.5, 0.6) is 0 Å². The van der Waals surface area contributed by atoms with E-state index in [0.29, 0.717) is 0 Å². The lowest BCUT2D eigenvalue weighted by Crippen LogP contribution is -2.01. The van der Waals surface area contributed by atoms with E-state index in [-0.39, 0.29) is 0 Å². The minimum absolute atomic E-state index is 1.31. The van der Waals surface area contributed by atoms with Crippen molar-refractivity contribution in [3.63, 3.8) is 0 Å². The van der Waals surface area contributed by atoms with E-state index in [4.69, 9.17) is 0 Å². The molecule has 0 N–H and O–H groups in total. The highest BCUT2D eigenvalue weighted by atomic mass is 14.3. The third kappa shape index (κ3) is 5.24. The minimum atomic E-state index is 1.31. The van der Waals surface area contributed by atoms with Gasteiger partial charge in [-0.3, -0.25) is 0 Å². The summed E-state index contributed by atoms with van der Waals surface area (Å²) in [6.45, 7) is 27.0. The van der Waals surface area contributed by atoms with Gasteiger partial charge in [-0.15, -0.1) is 0 Å². The molecule has 0 saturated heterocycles. The van der Waals surface area contributed by atoms with Crippen molar-refractivity contribution in [2.45, 2.75) is 83.1 Å². The first-order valence-electron chi connectivity index (χ1n) is 15.3. The van der Waals surface area contributed by atoms with Crippen LogP contribution in [0.1, 0.15) is 66.8 Å². The highest BCUT2D eigenvalue weighted by molar-refractivity contribution is 5.99. The van der Waals surface area contributed by atoms with Crippen molar-refractivity contribution >= 4 is 0 Å². The lowest BCUT2D eigenvalue weighted by atomic mass is 9.78. The maximum atomic E-state index is 2.53. The molecule has 0 aliphatic carbocycles. The van der Waals surface area contributed by atoms with Crippen molar-refractivity contribution in [3.8, 4) is 44.5 Å². The zero-order valence-electron chi connectivity index (χ0n) is 27.8. The zero-order chi connectivity index (χ0) is 30.6. The Morgan fingerprint density at radius 1 is 0.214 bits per heavy atom. The number of benzene rings is 5. The second-order valence-corrected chi connectivity index (χ2v) is 13.0. The lowest BCUT2D eigenvalue weighted by Gasteiger charge is -2.25. The molecule has 0 spiro atoms. The molecule has 5 rings (SSSR count). The van der Waals surface area contributed by atoms with Crippen molar-refractivity contribution < 1.29 is 0 Å². The van der Waals surface area contributed by atoms with E-state index in [0.717, 1.165) is 0 Å². The predicted octanol–water partition coefficient (Wildman–Crippen LogP) is 12.1. The number of hydrogen-bond acceptors (Lipinski definition) is 0. The largest absolute Gasteiger partial charge is 0.0557 e. The molecular weight excluding hydrogens is 504 g/mol. The molecule has 214 valence electrons. The standard InChI is InChI=1S/C42H46/c1-23-13-27(5)39(28(6)14-23)35-21-37(41-31(9)17-25(3)18-32(41)10)38(42-33(11)19-26(4)20-34(42)12)22-36(35)40-29(7)15-24(2)16-30(40)8/h13-22H,1-12H3. The van der Waals surface area contributed by atoms with Crippen LogP contribution < -0.4 is 0 Å². The van der Waals surface area contributed by atoms with Crippen LogP contribution in [0.2, 0.25) is 0 Å². The molecule has 5 aromatic rings. The van der Waals surface area contributed by atoms with Crippen LogP contribution in [-0.2, 0) is 0 Å². The van der Waals surface area contributed by atoms with Gasteiger partial charge in [-0.05, 0) is 184 Å². The molecule has 0 aliphatic rings. The first-order valence-corrected chi connectivity index (χ1v) is 15.3. The maximum absolute atomic E-state index is 2.53. The summed E-state index contributed by atoms with van der Waals surface area (Å²) < 4.78 is 0. The molecule has 0 amide bonds. The van der Waals surface area contributed by atoms with Gasteiger partial charge in [0.25, 0.3) is 0 Å². The highest BCUT2D eigenvalue weighted by Gasteiger charge is 2.23. The van der Waals surface area contributed by atoms with E-state index in [1.54, 1.807) is 0 Å². The molecule has 0 aliphatic heterocycles. The van der Waals surface area contributed by atoms with E-state index >= 15 is 0 Å². The Balaban J connectivity index is 2.04. The molecule has 0 radical (unpaired) electrons. The van der Waals surface area contributed by atoms with Gasteiger partial charge in [-0.25, -0.2) is 0 Å². The van der Waals surface area contributed by atoms with Gasteiger partial charge in [0.2, 0.25) is 0 Å². The molecule has 0 fully saturated rings. The van der Waals surface area contributed by atoms with Gasteiger partial charge in [0.1, 0.15) is 0 Å². The summed E-state index contributed by atoms with van der Waals surface area (Å²) in [5.74, 6) is 0. The van der Waals surface area contributed by atoms with Crippen molar-refractivity contribution in [1.29, 1.82) is 0 Å². The van der Waals surface area contributed by atoms with E-state index in [1.807, 2.05) is 0 Å². The Bertz CT molecular complexity index is 1510. The van der Waals surface area contributed by atoms with Crippen LogP contribution in [0.4, 0.5) is 0 Å². The van der Waals surface area contributed by atoms with Crippen molar-refractivity contribution in [3.05, 3.63) is 127 Å².